The zero-order valence-electron chi connectivity index (χ0n) is 14.7. The Morgan fingerprint density at radius 1 is 0.893 bits per heavy atom. The summed E-state index contributed by atoms with van der Waals surface area (Å²) >= 11 is 4.93. The van der Waals surface area contributed by atoms with Crippen molar-refractivity contribution in [3.05, 3.63) is 94.3 Å². The molecule has 0 fully saturated rings. The highest BCUT2D eigenvalue weighted by Crippen LogP contribution is 2.28. The summed E-state index contributed by atoms with van der Waals surface area (Å²) in [6.45, 7) is 0. The predicted octanol–water partition coefficient (Wildman–Crippen LogP) is 6.81. The molecule has 4 nitrogen and oxygen atoms in total. The van der Waals surface area contributed by atoms with Crippen molar-refractivity contribution in [2.24, 2.45) is 5.10 Å². The molecule has 0 saturated carbocycles. The highest BCUT2D eigenvalue weighted by Gasteiger charge is 2.05. The van der Waals surface area contributed by atoms with Gasteiger partial charge in [-0.15, -0.1) is 11.3 Å². The molecule has 6 heteroatoms. The minimum absolute atomic E-state index is 0.743. The van der Waals surface area contributed by atoms with Gasteiger partial charge in [0, 0.05) is 15.4 Å². The van der Waals surface area contributed by atoms with Crippen LogP contribution in [0.1, 0.15) is 5.56 Å². The van der Waals surface area contributed by atoms with Crippen LogP contribution in [0.25, 0.3) is 11.3 Å². The van der Waals surface area contributed by atoms with E-state index in [0.29, 0.717) is 0 Å². The number of nitrogens with zero attached hydrogens (tertiary/aromatic N) is 2. The number of ether oxygens (including phenoxy) is 1. The molecule has 4 rings (SSSR count). The van der Waals surface area contributed by atoms with Gasteiger partial charge in [0.15, 0.2) is 0 Å². The van der Waals surface area contributed by atoms with Gasteiger partial charge in [-0.2, -0.15) is 5.10 Å². The number of hydrazone groups is 1. The van der Waals surface area contributed by atoms with Crippen LogP contribution in [0.3, 0.4) is 0 Å². The summed E-state index contributed by atoms with van der Waals surface area (Å²) in [6.07, 6.45) is 1.77. The van der Waals surface area contributed by atoms with Crippen LogP contribution in [0.15, 0.2) is 93.8 Å². The van der Waals surface area contributed by atoms with Crippen LogP contribution in [0, 0.1) is 0 Å². The molecule has 138 valence electrons. The van der Waals surface area contributed by atoms with Gasteiger partial charge in [0.25, 0.3) is 0 Å². The van der Waals surface area contributed by atoms with Crippen molar-refractivity contribution < 1.29 is 4.74 Å². The largest absolute Gasteiger partial charge is 0.457 e. The van der Waals surface area contributed by atoms with E-state index in [1.54, 1.807) is 6.21 Å². The molecule has 0 unspecified atom stereocenters. The summed E-state index contributed by atoms with van der Waals surface area (Å²) in [4.78, 5) is 4.58. The van der Waals surface area contributed by atoms with E-state index in [-0.39, 0.29) is 0 Å². The lowest BCUT2D eigenvalue weighted by Gasteiger charge is -2.05. The second kappa shape index (κ2) is 8.82. The molecular formula is C22H16BrN3OS. The molecule has 0 bridgehead atoms. The smallest absolute Gasteiger partial charge is 0.203 e. The molecule has 0 saturated heterocycles. The molecule has 1 heterocycles. The predicted molar refractivity (Wildman–Crippen MR) is 119 cm³/mol. The maximum absolute atomic E-state index is 5.82. The fourth-order valence-electron chi connectivity index (χ4n) is 2.49. The van der Waals surface area contributed by atoms with Crippen LogP contribution in [0.4, 0.5) is 5.13 Å². The fraction of sp³-hybridized carbons (Fsp3) is 0. The first-order valence-corrected chi connectivity index (χ1v) is 10.3. The first kappa shape index (κ1) is 18.4. The average molecular weight is 450 g/mol. The van der Waals surface area contributed by atoms with E-state index in [1.807, 2.05) is 84.2 Å². The number of hydrogen-bond donors (Lipinski definition) is 1. The van der Waals surface area contributed by atoms with Gasteiger partial charge in [-0.25, -0.2) is 4.98 Å². The molecule has 1 N–H and O–H groups in total. The standard InChI is InChI=1S/C22H16BrN3OS/c23-18-10-6-16(7-11-18)14-24-26-22-25-21(15-28-22)17-8-12-20(13-9-17)27-19-4-2-1-3-5-19/h1-15H,(H,25,26)/b24-14+. The van der Waals surface area contributed by atoms with Crippen LogP contribution in [-0.4, -0.2) is 11.2 Å². The lowest BCUT2D eigenvalue weighted by Crippen LogP contribution is -1.90. The van der Waals surface area contributed by atoms with Crippen molar-refractivity contribution in [3.63, 3.8) is 0 Å². The molecule has 0 aliphatic rings. The Hall–Kier alpha value is -2.96. The summed E-state index contributed by atoms with van der Waals surface area (Å²) < 4.78 is 6.87. The average Bonchev–Trinajstić information content (AvgIpc) is 3.20. The van der Waals surface area contributed by atoms with Crippen molar-refractivity contribution in [3.8, 4) is 22.8 Å². The lowest BCUT2D eigenvalue weighted by molar-refractivity contribution is 0.483. The molecule has 0 radical (unpaired) electrons. The van der Waals surface area contributed by atoms with Gasteiger partial charge in [-0.05, 0) is 54.1 Å². The highest BCUT2D eigenvalue weighted by atomic mass is 79.9. The van der Waals surface area contributed by atoms with E-state index in [2.05, 4.69) is 31.4 Å². The molecule has 1 aromatic heterocycles. The molecule has 3 aromatic carbocycles. The summed E-state index contributed by atoms with van der Waals surface area (Å²) in [7, 11) is 0. The number of thiazole rings is 1. The Labute approximate surface area is 175 Å². The summed E-state index contributed by atoms with van der Waals surface area (Å²) in [5.74, 6) is 1.61. The zero-order chi connectivity index (χ0) is 19.2. The van der Waals surface area contributed by atoms with E-state index in [0.717, 1.165) is 37.9 Å². The molecule has 0 amide bonds. The van der Waals surface area contributed by atoms with Gasteiger partial charge in [0.1, 0.15) is 11.5 Å². The fourth-order valence-corrected chi connectivity index (χ4v) is 3.42. The normalized spacial score (nSPS) is 10.9. The van der Waals surface area contributed by atoms with Gasteiger partial charge in [0.2, 0.25) is 5.13 Å². The summed E-state index contributed by atoms with van der Waals surface area (Å²) in [5, 5.41) is 7.00. The Kier molecular flexibility index (Phi) is 5.80. The number of benzene rings is 3. The molecule has 0 spiro atoms. The summed E-state index contributed by atoms with van der Waals surface area (Å²) in [5.41, 5.74) is 5.93. The number of anilines is 1. The monoisotopic (exact) mass is 449 g/mol. The topological polar surface area (TPSA) is 46.5 Å². The molecule has 4 aromatic rings. The van der Waals surface area contributed by atoms with Crippen LogP contribution in [0.2, 0.25) is 0 Å². The lowest BCUT2D eigenvalue weighted by atomic mass is 10.2. The quantitative estimate of drug-likeness (QED) is 0.259. The molecule has 0 aliphatic heterocycles. The third kappa shape index (κ3) is 4.85. The maximum atomic E-state index is 5.82. The van der Waals surface area contributed by atoms with Crippen molar-refractivity contribution >= 4 is 38.6 Å². The van der Waals surface area contributed by atoms with E-state index in [4.69, 9.17) is 4.74 Å². The minimum Gasteiger partial charge on any atom is -0.457 e. The SMILES string of the molecule is Brc1ccc(/C=N/Nc2nc(-c3ccc(Oc4ccccc4)cc3)cs2)cc1. The number of halogens is 1. The summed E-state index contributed by atoms with van der Waals surface area (Å²) in [6, 6.07) is 25.6. The molecule has 0 atom stereocenters. The van der Waals surface area contributed by atoms with Crippen LogP contribution >= 0.6 is 27.3 Å². The van der Waals surface area contributed by atoms with Gasteiger partial charge in [-0.3, -0.25) is 5.43 Å². The van der Waals surface area contributed by atoms with Gasteiger partial charge < -0.3 is 4.74 Å². The first-order valence-electron chi connectivity index (χ1n) is 8.60. The number of para-hydroxylation sites is 1. The zero-order valence-corrected chi connectivity index (χ0v) is 17.2. The number of nitrogens with one attached hydrogen (secondary N) is 1. The Balaban J connectivity index is 1.39. The van der Waals surface area contributed by atoms with Crippen molar-refractivity contribution in [2.75, 3.05) is 5.43 Å². The van der Waals surface area contributed by atoms with Crippen molar-refractivity contribution in [2.45, 2.75) is 0 Å². The molecule has 28 heavy (non-hydrogen) atoms. The third-order valence-electron chi connectivity index (χ3n) is 3.88. The van der Waals surface area contributed by atoms with Gasteiger partial charge >= 0.3 is 0 Å². The Morgan fingerprint density at radius 3 is 2.36 bits per heavy atom. The second-order valence-electron chi connectivity index (χ2n) is 5.90. The van der Waals surface area contributed by atoms with Crippen molar-refractivity contribution in [1.82, 2.24) is 4.98 Å². The van der Waals surface area contributed by atoms with Gasteiger partial charge in [-0.1, -0.05) is 46.3 Å². The molecule has 0 aliphatic carbocycles. The second-order valence-corrected chi connectivity index (χ2v) is 7.67. The number of rotatable bonds is 6. The first-order chi connectivity index (χ1) is 13.8. The van der Waals surface area contributed by atoms with Gasteiger partial charge in [0.05, 0.1) is 11.9 Å². The third-order valence-corrected chi connectivity index (χ3v) is 5.15. The van der Waals surface area contributed by atoms with E-state index in [9.17, 15) is 0 Å². The van der Waals surface area contributed by atoms with Crippen LogP contribution in [0.5, 0.6) is 11.5 Å². The minimum atomic E-state index is 0.743. The Morgan fingerprint density at radius 2 is 1.61 bits per heavy atom. The van der Waals surface area contributed by atoms with E-state index >= 15 is 0 Å². The molecular weight excluding hydrogens is 434 g/mol. The van der Waals surface area contributed by atoms with Crippen LogP contribution < -0.4 is 10.2 Å². The highest BCUT2D eigenvalue weighted by molar-refractivity contribution is 9.10. The Bertz CT molecular complexity index is 1060. The van der Waals surface area contributed by atoms with Crippen molar-refractivity contribution in [1.29, 1.82) is 0 Å². The van der Waals surface area contributed by atoms with E-state index in [1.165, 1.54) is 11.3 Å². The van der Waals surface area contributed by atoms with Crippen LogP contribution in [-0.2, 0) is 0 Å². The maximum Gasteiger partial charge on any atom is 0.203 e. The number of hydrogen-bond acceptors (Lipinski definition) is 5. The number of aromatic nitrogens is 1. The van der Waals surface area contributed by atoms with E-state index < -0.39 is 0 Å².